The number of hydrazone groups is 1. The molecule has 1 heterocycles. The lowest BCUT2D eigenvalue weighted by Crippen LogP contribution is -1.99. The number of hydrogen-bond donors (Lipinski definition) is 1. The zero-order valence-electron chi connectivity index (χ0n) is 13.6. The van der Waals surface area contributed by atoms with E-state index >= 15 is 0 Å². The zero-order valence-corrected chi connectivity index (χ0v) is 15.9. The lowest BCUT2D eigenvalue weighted by atomic mass is 10.1. The molecule has 25 heavy (non-hydrogen) atoms. The number of anilines is 1. The van der Waals surface area contributed by atoms with Gasteiger partial charge in [0.25, 0.3) is 0 Å². The molecule has 7 heteroatoms. The van der Waals surface area contributed by atoms with Crippen molar-refractivity contribution in [3.8, 4) is 17.0 Å². The molecule has 1 aromatic heterocycles. The number of ether oxygens (including phenoxy) is 1. The maximum Gasteiger partial charge on any atom is 0.203 e. The molecule has 0 aliphatic rings. The maximum atomic E-state index is 6.06. The largest absolute Gasteiger partial charge is 0.497 e. The first-order valence-corrected chi connectivity index (χ1v) is 9.06. The number of methoxy groups -OCH3 is 1. The van der Waals surface area contributed by atoms with Crippen LogP contribution in [0.25, 0.3) is 11.3 Å². The van der Waals surface area contributed by atoms with E-state index in [0.29, 0.717) is 15.2 Å². The lowest BCUT2D eigenvalue weighted by Gasteiger charge is -2.03. The van der Waals surface area contributed by atoms with Gasteiger partial charge in [-0.05, 0) is 48.9 Å². The number of thiazole rings is 1. The minimum absolute atomic E-state index is 0.509. The first-order chi connectivity index (χ1) is 12.1. The van der Waals surface area contributed by atoms with Crippen LogP contribution in [0, 0.1) is 0 Å². The van der Waals surface area contributed by atoms with Gasteiger partial charge in [-0.1, -0.05) is 29.3 Å². The Kier molecular flexibility index (Phi) is 5.58. The van der Waals surface area contributed by atoms with E-state index in [1.165, 1.54) is 11.3 Å². The molecule has 0 unspecified atom stereocenters. The van der Waals surface area contributed by atoms with Gasteiger partial charge >= 0.3 is 0 Å². The van der Waals surface area contributed by atoms with Crippen LogP contribution >= 0.6 is 34.5 Å². The molecular formula is C18H15Cl2N3OS. The van der Waals surface area contributed by atoms with Crippen LogP contribution in [0.3, 0.4) is 0 Å². The molecule has 0 atom stereocenters. The van der Waals surface area contributed by atoms with Crippen LogP contribution in [-0.4, -0.2) is 17.8 Å². The van der Waals surface area contributed by atoms with Crippen molar-refractivity contribution in [1.82, 2.24) is 4.98 Å². The molecule has 1 N–H and O–H groups in total. The van der Waals surface area contributed by atoms with Crippen LogP contribution in [-0.2, 0) is 0 Å². The van der Waals surface area contributed by atoms with E-state index in [1.807, 2.05) is 42.6 Å². The highest BCUT2D eigenvalue weighted by molar-refractivity contribution is 7.14. The highest BCUT2D eigenvalue weighted by Crippen LogP contribution is 2.30. The van der Waals surface area contributed by atoms with Crippen LogP contribution in [0.2, 0.25) is 10.0 Å². The van der Waals surface area contributed by atoms with Gasteiger partial charge in [-0.15, -0.1) is 11.3 Å². The summed E-state index contributed by atoms with van der Waals surface area (Å²) in [6, 6.07) is 13.2. The Morgan fingerprint density at radius 2 is 1.88 bits per heavy atom. The minimum Gasteiger partial charge on any atom is -0.497 e. The molecule has 2 aromatic carbocycles. The molecule has 0 aliphatic carbocycles. The third-order valence-corrected chi connectivity index (χ3v) is 5.03. The molecule has 128 valence electrons. The monoisotopic (exact) mass is 391 g/mol. The Morgan fingerprint density at radius 1 is 1.12 bits per heavy atom. The second kappa shape index (κ2) is 7.87. The van der Waals surface area contributed by atoms with E-state index in [-0.39, 0.29) is 0 Å². The summed E-state index contributed by atoms with van der Waals surface area (Å²) in [5.41, 5.74) is 6.59. The Bertz CT molecular complexity index is 907. The molecule has 3 aromatic rings. The standard InChI is InChI=1S/C18H15Cl2N3OS/c1-11(12-3-6-14(24-2)7-4-12)22-23-18-21-17(10-25-18)13-5-8-15(19)16(20)9-13/h3-10H,1-2H3,(H,21,23). The van der Waals surface area contributed by atoms with Gasteiger partial charge in [0, 0.05) is 10.9 Å². The van der Waals surface area contributed by atoms with E-state index in [1.54, 1.807) is 19.2 Å². The summed E-state index contributed by atoms with van der Waals surface area (Å²) in [4.78, 5) is 4.52. The Morgan fingerprint density at radius 3 is 2.56 bits per heavy atom. The van der Waals surface area contributed by atoms with Crippen molar-refractivity contribution >= 4 is 45.4 Å². The SMILES string of the molecule is COc1ccc(C(C)=NNc2nc(-c3ccc(Cl)c(Cl)c3)cs2)cc1. The van der Waals surface area contributed by atoms with Gasteiger partial charge < -0.3 is 4.74 Å². The van der Waals surface area contributed by atoms with Crippen LogP contribution in [0.1, 0.15) is 12.5 Å². The Balaban J connectivity index is 1.73. The zero-order chi connectivity index (χ0) is 17.8. The van der Waals surface area contributed by atoms with Crippen molar-refractivity contribution in [2.45, 2.75) is 6.92 Å². The lowest BCUT2D eigenvalue weighted by molar-refractivity contribution is 0.415. The topological polar surface area (TPSA) is 46.5 Å². The highest BCUT2D eigenvalue weighted by Gasteiger charge is 2.07. The average molecular weight is 392 g/mol. The molecule has 0 saturated carbocycles. The number of halogens is 2. The van der Waals surface area contributed by atoms with Gasteiger partial charge in [-0.3, -0.25) is 5.43 Å². The highest BCUT2D eigenvalue weighted by atomic mass is 35.5. The van der Waals surface area contributed by atoms with E-state index in [9.17, 15) is 0 Å². The molecular weight excluding hydrogens is 377 g/mol. The van der Waals surface area contributed by atoms with Crippen LogP contribution in [0.5, 0.6) is 5.75 Å². The molecule has 0 amide bonds. The third-order valence-electron chi connectivity index (χ3n) is 3.55. The van der Waals surface area contributed by atoms with Crippen molar-refractivity contribution in [2.75, 3.05) is 12.5 Å². The van der Waals surface area contributed by atoms with E-state index in [4.69, 9.17) is 27.9 Å². The van der Waals surface area contributed by atoms with Crippen molar-refractivity contribution < 1.29 is 4.74 Å². The van der Waals surface area contributed by atoms with Crippen LogP contribution < -0.4 is 10.2 Å². The molecule has 0 saturated heterocycles. The summed E-state index contributed by atoms with van der Waals surface area (Å²) in [6.45, 7) is 1.93. The summed E-state index contributed by atoms with van der Waals surface area (Å²) in [6.07, 6.45) is 0. The predicted molar refractivity (Wildman–Crippen MR) is 106 cm³/mol. The fraction of sp³-hybridized carbons (Fsp3) is 0.111. The number of benzene rings is 2. The van der Waals surface area contributed by atoms with Crippen LogP contribution in [0.4, 0.5) is 5.13 Å². The summed E-state index contributed by atoms with van der Waals surface area (Å²) >= 11 is 13.5. The van der Waals surface area contributed by atoms with Crippen molar-refractivity contribution in [2.24, 2.45) is 5.10 Å². The van der Waals surface area contributed by atoms with Gasteiger partial charge in [0.1, 0.15) is 5.75 Å². The Hall–Kier alpha value is -2.08. The summed E-state index contributed by atoms with van der Waals surface area (Å²) in [7, 11) is 1.64. The van der Waals surface area contributed by atoms with E-state index in [0.717, 1.165) is 28.3 Å². The third kappa shape index (κ3) is 4.31. The summed E-state index contributed by atoms with van der Waals surface area (Å²) < 4.78 is 5.16. The Labute approximate surface area is 160 Å². The first kappa shape index (κ1) is 17.7. The second-order valence-electron chi connectivity index (χ2n) is 5.20. The predicted octanol–water partition coefficient (Wildman–Crippen LogP) is 5.96. The normalized spacial score (nSPS) is 11.4. The fourth-order valence-electron chi connectivity index (χ4n) is 2.14. The quantitative estimate of drug-likeness (QED) is 0.430. The molecule has 0 aliphatic heterocycles. The maximum absolute atomic E-state index is 6.06. The van der Waals surface area contributed by atoms with E-state index < -0.39 is 0 Å². The van der Waals surface area contributed by atoms with Gasteiger partial charge in [0.15, 0.2) is 0 Å². The fourth-order valence-corrected chi connectivity index (χ4v) is 3.10. The molecule has 0 spiro atoms. The van der Waals surface area contributed by atoms with E-state index in [2.05, 4.69) is 15.5 Å². The molecule has 3 rings (SSSR count). The first-order valence-electron chi connectivity index (χ1n) is 7.42. The van der Waals surface area contributed by atoms with Crippen LogP contribution in [0.15, 0.2) is 52.9 Å². The molecule has 0 fully saturated rings. The van der Waals surface area contributed by atoms with Gasteiger partial charge in [-0.25, -0.2) is 4.98 Å². The second-order valence-corrected chi connectivity index (χ2v) is 6.88. The molecule has 0 bridgehead atoms. The van der Waals surface area contributed by atoms with Gasteiger partial charge in [0.2, 0.25) is 5.13 Å². The van der Waals surface area contributed by atoms with Gasteiger partial charge in [-0.2, -0.15) is 5.10 Å². The number of aromatic nitrogens is 1. The van der Waals surface area contributed by atoms with Gasteiger partial charge in [0.05, 0.1) is 28.6 Å². The number of nitrogens with one attached hydrogen (secondary N) is 1. The number of hydrogen-bond acceptors (Lipinski definition) is 5. The smallest absolute Gasteiger partial charge is 0.203 e. The molecule has 4 nitrogen and oxygen atoms in total. The number of rotatable bonds is 5. The van der Waals surface area contributed by atoms with Crippen molar-refractivity contribution in [3.05, 3.63) is 63.5 Å². The summed E-state index contributed by atoms with van der Waals surface area (Å²) in [5.74, 6) is 0.815. The minimum atomic E-state index is 0.509. The molecule has 0 radical (unpaired) electrons. The average Bonchev–Trinajstić information content (AvgIpc) is 3.11. The van der Waals surface area contributed by atoms with Crippen molar-refractivity contribution in [1.29, 1.82) is 0 Å². The van der Waals surface area contributed by atoms with Crippen molar-refractivity contribution in [3.63, 3.8) is 0 Å². The number of nitrogens with zero attached hydrogens (tertiary/aromatic N) is 2. The summed E-state index contributed by atoms with van der Waals surface area (Å²) in [5, 5.41) is 8.07.